The lowest BCUT2D eigenvalue weighted by Gasteiger charge is -2.14. The first-order valence-corrected chi connectivity index (χ1v) is 9.64. The van der Waals surface area contributed by atoms with Gasteiger partial charge in [-0.15, -0.1) is 10.1 Å². The van der Waals surface area contributed by atoms with Gasteiger partial charge in [0, 0.05) is 16.7 Å². The fourth-order valence-electron chi connectivity index (χ4n) is 3.50. The average molecular weight is 400 g/mol. The van der Waals surface area contributed by atoms with E-state index in [2.05, 4.69) is 10.7 Å². The Hall–Kier alpha value is -3.93. The zero-order valence-corrected chi connectivity index (χ0v) is 16.5. The van der Waals surface area contributed by atoms with Crippen molar-refractivity contribution in [2.45, 2.75) is 12.1 Å². The van der Waals surface area contributed by atoms with Crippen LogP contribution in [0.3, 0.4) is 0 Å². The van der Waals surface area contributed by atoms with Crippen molar-refractivity contribution >= 4 is 18.0 Å². The highest BCUT2D eigenvalue weighted by atomic mass is 16.5. The highest BCUT2D eigenvalue weighted by Gasteiger charge is 2.47. The molecule has 3 aromatic rings. The molecule has 1 fully saturated rings. The van der Waals surface area contributed by atoms with E-state index in [0.717, 1.165) is 11.1 Å². The molecule has 0 radical (unpaired) electrons. The van der Waals surface area contributed by atoms with E-state index in [-0.39, 0.29) is 17.9 Å². The van der Waals surface area contributed by atoms with Gasteiger partial charge in [0.15, 0.2) is 6.04 Å². The summed E-state index contributed by atoms with van der Waals surface area (Å²) in [7, 11) is 1.57. The molecule has 0 saturated carbocycles. The number of benzene rings is 3. The number of hydrazine groups is 1. The maximum atomic E-state index is 12.8. The van der Waals surface area contributed by atoms with Crippen LogP contribution in [0.4, 0.5) is 0 Å². The number of carbonyl (C=O) groups is 2. The SMILES string of the molecule is COc1ccc(C(=O)N[C@@H]2C(=O)N/[N+](=C\c3ccccc3)[C@@H]2c2ccccc2)cc1. The van der Waals surface area contributed by atoms with Crippen molar-refractivity contribution in [2.24, 2.45) is 0 Å². The van der Waals surface area contributed by atoms with Crippen molar-refractivity contribution in [3.05, 3.63) is 102 Å². The highest BCUT2D eigenvalue weighted by molar-refractivity contribution is 5.98. The maximum absolute atomic E-state index is 12.8. The molecule has 2 amide bonds. The molecule has 0 aliphatic carbocycles. The lowest BCUT2D eigenvalue weighted by Crippen LogP contribution is -2.42. The second-order valence-corrected chi connectivity index (χ2v) is 6.96. The first kappa shape index (κ1) is 19.4. The van der Waals surface area contributed by atoms with Crippen LogP contribution in [0.1, 0.15) is 27.5 Å². The number of carbonyl (C=O) groups excluding carboxylic acids is 2. The average Bonchev–Trinajstić information content (AvgIpc) is 3.09. The summed E-state index contributed by atoms with van der Waals surface area (Å²) in [5.41, 5.74) is 5.20. The minimum atomic E-state index is -0.748. The number of rotatable bonds is 5. The van der Waals surface area contributed by atoms with Crippen molar-refractivity contribution in [3.63, 3.8) is 0 Å². The van der Waals surface area contributed by atoms with Crippen LogP contribution in [0.15, 0.2) is 84.9 Å². The first-order chi connectivity index (χ1) is 14.7. The molecule has 0 unspecified atom stereocenters. The van der Waals surface area contributed by atoms with Crippen molar-refractivity contribution in [2.75, 3.05) is 7.11 Å². The van der Waals surface area contributed by atoms with Gasteiger partial charge in [0.1, 0.15) is 5.75 Å². The minimum Gasteiger partial charge on any atom is -0.497 e. The summed E-state index contributed by atoms with van der Waals surface area (Å²) >= 11 is 0. The number of nitrogens with zero attached hydrogens (tertiary/aromatic N) is 1. The molecular weight excluding hydrogens is 378 g/mol. The molecule has 0 spiro atoms. The summed E-state index contributed by atoms with van der Waals surface area (Å²) in [6, 6.07) is 25.0. The molecule has 0 bridgehead atoms. The lowest BCUT2D eigenvalue weighted by atomic mass is 10.00. The van der Waals surface area contributed by atoms with Gasteiger partial charge in [0.05, 0.1) is 7.11 Å². The monoisotopic (exact) mass is 400 g/mol. The summed E-state index contributed by atoms with van der Waals surface area (Å²) in [4.78, 5) is 25.6. The van der Waals surface area contributed by atoms with Crippen molar-refractivity contribution in [1.29, 1.82) is 0 Å². The molecule has 2 N–H and O–H groups in total. The summed E-state index contributed by atoms with van der Waals surface area (Å²) in [6.07, 6.45) is 1.87. The molecular formula is C24H22N3O3+. The number of ether oxygens (including phenoxy) is 1. The quantitative estimate of drug-likeness (QED) is 0.647. The molecule has 0 aromatic heterocycles. The molecule has 3 aromatic carbocycles. The Morgan fingerprint density at radius 2 is 1.60 bits per heavy atom. The molecule has 4 rings (SSSR count). The molecule has 2 atom stereocenters. The normalized spacial score (nSPS) is 19.4. The zero-order chi connectivity index (χ0) is 20.9. The summed E-state index contributed by atoms with van der Waals surface area (Å²) in [6.45, 7) is 0. The van der Waals surface area contributed by atoms with Crippen LogP contribution < -0.4 is 15.5 Å². The van der Waals surface area contributed by atoms with Crippen molar-refractivity contribution in [1.82, 2.24) is 10.7 Å². The van der Waals surface area contributed by atoms with Gasteiger partial charge in [0.2, 0.25) is 12.3 Å². The largest absolute Gasteiger partial charge is 0.497 e. The predicted octanol–water partition coefficient (Wildman–Crippen LogP) is 2.71. The predicted molar refractivity (Wildman–Crippen MR) is 113 cm³/mol. The van der Waals surface area contributed by atoms with E-state index in [1.165, 1.54) is 0 Å². The molecule has 1 heterocycles. The Balaban J connectivity index is 1.65. The Kier molecular flexibility index (Phi) is 5.57. The number of hydrogen-bond acceptors (Lipinski definition) is 3. The van der Waals surface area contributed by atoms with E-state index in [1.54, 1.807) is 36.1 Å². The minimum absolute atomic E-state index is 0.266. The van der Waals surface area contributed by atoms with Crippen LogP contribution in [0.2, 0.25) is 0 Å². The number of methoxy groups -OCH3 is 1. The Morgan fingerprint density at radius 1 is 0.967 bits per heavy atom. The fraction of sp³-hybridized carbons (Fsp3) is 0.125. The molecule has 1 aliphatic heterocycles. The van der Waals surface area contributed by atoms with E-state index in [0.29, 0.717) is 11.3 Å². The molecule has 6 heteroatoms. The fourth-order valence-corrected chi connectivity index (χ4v) is 3.50. The molecule has 30 heavy (non-hydrogen) atoms. The summed E-state index contributed by atoms with van der Waals surface area (Å²) in [5, 5.41) is 2.89. The van der Waals surface area contributed by atoms with E-state index in [4.69, 9.17) is 4.74 Å². The second kappa shape index (κ2) is 8.61. The van der Waals surface area contributed by atoms with E-state index < -0.39 is 6.04 Å². The van der Waals surface area contributed by atoms with Crippen LogP contribution in [0.25, 0.3) is 0 Å². The molecule has 1 aliphatic rings. The van der Waals surface area contributed by atoms with Gasteiger partial charge < -0.3 is 10.1 Å². The molecule has 1 saturated heterocycles. The van der Waals surface area contributed by atoms with Crippen LogP contribution in [-0.4, -0.2) is 35.9 Å². The van der Waals surface area contributed by atoms with Crippen LogP contribution in [0.5, 0.6) is 5.75 Å². The van der Waals surface area contributed by atoms with Gasteiger partial charge in [-0.1, -0.05) is 48.5 Å². The number of amides is 2. The third-order valence-corrected chi connectivity index (χ3v) is 5.00. The van der Waals surface area contributed by atoms with Crippen LogP contribution in [-0.2, 0) is 4.79 Å². The van der Waals surface area contributed by atoms with Crippen LogP contribution in [0, 0.1) is 0 Å². The number of nitrogens with one attached hydrogen (secondary N) is 2. The first-order valence-electron chi connectivity index (χ1n) is 9.64. The Labute approximate surface area is 174 Å². The Bertz CT molecular complexity index is 1060. The van der Waals surface area contributed by atoms with Gasteiger partial charge in [-0.05, 0) is 36.4 Å². The summed E-state index contributed by atoms with van der Waals surface area (Å²) in [5.74, 6) is 0.0779. The second-order valence-electron chi connectivity index (χ2n) is 6.96. The molecule has 150 valence electrons. The zero-order valence-electron chi connectivity index (χ0n) is 16.5. The standard InChI is InChI=1S/C24H21N3O3/c1-30-20-14-12-19(13-15-20)23(28)25-21-22(18-10-6-3-7-11-18)27(26-24(21)29)16-17-8-4-2-5-9-17/h2-16,21-22H,1H3,(H-,25,26,28,29)/p+1/b27-16-/t21-,22+/m0/s1. The van der Waals surface area contributed by atoms with E-state index in [1.807, 2.05) is 66.9 Å². The van der Waals surface area contributed by atoms with Crippen LogP contribution >= 0.6 is 0 Å². The number of hydrogen-bond donors (Lipinski definition) is 2. The number of hydrazone groups is 1. The van der Waals surface area contributed by atoms with Crippen molar-refractivity contribution < 1.29 is 19.0 Å². The van der Waals surface area contributed by atoms with Gasteiger partial charge >= 0.3 is 5.91 Å². The molecule has 6 nitrogen and oxygen atoms in total. The van der Waals surface area contributed by atoms with Gasteiger partial charge in [-0.3, -0.25) is 9.59 Å². The summed E-state index contributed by atoms with van der Waals surface area (Å²) < 4.78 is 6.89. The third-order valence-electron chi connectivity index (χ3n) is 5.00. The Morgan fingerprint density at radius 3 is 2.23 bits per heavy atom. The van der Waals surface area contributed by atoms with Gasteiger partial charge in [0.25, 0.3) is 5.91 Å². The van der Waals surface area contributed by atoms with Gasteiger partial charge in [-0.25, -0.2) is 0 Å². The smallest absolute Gasteiger partial charge is 0.304 e. The highest BCUT2D eigenvalue weighted by Crippen LogP contribution is 2.25. The maximum Gasteiger partial charge on any atom is 0.304 e. The van der Waals surface area contributed by atoms with Crippen molar-refractivity contribution in [3.8, 4) is 5.75 Å². The van der Waals surface area contributed by atoms with E-state index in [9.17, 15) is 9.59 Å². The van der Waals surface area contributed by atoms with Gasteiger partial charge in [-0.2, -0.15) is 0 Å². The third kappa shape index (κ3) is 4.07. The topological polar surface area (TPSA) is 70.4 Å². The van der Waals surface area contributed by atoms with E-state index >= 15 is 0 Å². The lowest BCUT2D eigenvalue weighted by molar-refractivity contribution is -0.596.